The highest BCUT2D eigenvalue weighted by Crippen LogP contribution is 2.31. The molecule has 172 valence electrons. The van der Waals surface area contributed by atoms with E-state index in [1.165, 1.54) is 12.1 Å². The molecular formula is C19H27N3O7S2. The van der Waals surface area contributed by atoms with Gasteiger partial charge in [-0.2, -0.15) is 0 Å². The van der Waals surface area contributed by atoms with Gasteiger partial charge in [0.2, 0.25) is 15.9 Å². The van der Waals surface area contributed by atoms with Crippen LogP contribution in [-0.2, 0) is 24.7 Å². The van der Waals surface area contributed by atoms with Crippen LogP contribution in [0.4, 0.5) is 0 Å². The first kappa shape index (κ1) is 22.3. The quantitative estimate of drug-likeness (QED) is 0.605. The molecule has 0 aromatic heterocycles. The molecule has 2 saturated heterocycles. The highest BCUT2D eigenvalue weighted by Gasteiger charge is 2.34. The van der Waals surface area contributed by atoms with E-state index in [0.29, 0.717) is 63.7 Å². The third-order valence-corrected chi connectivity index (χ3v) is 8.98. The third-order valence-electron chi connectivity index (χ3n) is 5.83. The maximum Gasteiger partial charge on any atom is 0.241 e. The number of sulfonamides is 1. The molecule has 1 amide bonds. The van der Waals surface area contributed by atoms with E-state index in [9.17, 15) is 21.6 Å². The molecule has 0 radical (unpaired) electrons. The number of amides is 1. The van der Waals surface area contributed by atoms with Crippen LogP contribution in [0, 0.1) is 0 Å². The average molecular weight is 474 g/mol. The zero-order chi connectivity index (χ0) is 22.1. The lowest BCUT2D eigenvalue weighted by atomic mass is 10.2. The molecule has 1 unspecified atom stereocenters. The van der Waals surface area contributed by atoms with Gasteiger partial charge in [-0.1, -0.05) is 0 Å². The van der Waals surface area contributed by atoms with Gasteiger partial charge in [0.25, 0.3) is 0 Å². The fraction of sp³-hybridized carbons (Fsp3) is 0.632. The lowest BCUT2D eigenvalue weighted by molar-refractivity contribution is -0.131. The van der Waals surface area contributed by atoms with Crippen molar-refractivity contribution in [1.82, 2.24) is 14.5 Å². The SMILES string of the molecule is O=C(CNS(=O)(=O)c1ccc2c(c1)OCCCO2)N1CCN(C2CCS(=O)(=O)C2)CC1. The van der Waals surface area contributed by atoms with E-state index in [2.05, 4.69) is 9.62 Å². The highest BCUT2D eigenvalue weighted by atomic mass is 32.2. The lowest BCUT2D eigenvalue weighted by Gasteiger charge is -2.37. The van der Waals surface area contributed by atoms with Crippen molar-refractivity contribution in [3.63, 3.8) is 0 Å². The number of rotatable bonds is 5. The largest absolute Gasteiger partial charge is 0.490 e. The third kappa shape index (κ3) is 5.30. The maximum absolute atomic E-state index is 12.6. The predicted octanol–water partition coefficient (Wildman–Crippen LogP) is -0.542. The summed E-state index contributed by atoms with van der Waals surface area (Å²) in [6, 6.07) is 4.40. The number of sulfone groups is 1. The van der Waals surface area contributed by atoms with Crippen LogP contribution in [0.2, 0.25) is 0 Å². The van der Waals surface area contributed by atoms with Gasteiger partial charge in [0.05, 0.1) is 36.2 Å². The summed E-state index contributed by atoms with van der Waals surface area (Å²) in [7, 11) is -6.84. The number of ether oxygens (including phenoxy) is 2. The summed E-state index contributed by atoms with van der Waals surface area (Å²) in [5, 5.41) is 0. The summed E-state index contributed by atoms with van der Waals surface area (Å²) in [5.41, 5.74) is 0. The normalized spacial score (nSPS) is 24.0. The topological polar surface area (TPSA) is 122 Å². The van der Waals surface area contributed by atoms with Crippen molar-refractivity contribution in [3.05, 3.63) is 18.2 Å². The monoisotopic (exact) mass is 473 g/mol. The molecule has 31 heavy (non-hydrogen) atoms. The van der Waals surface area contributed by atoms with Gasteiger partial charge in [-0.3, -0.25) is 9.69 Å². The summed E-state index contributed by atoms with van der Waals surface area (Å²) in [6.45, 7) is 2.68. The second-order valence-corrected chi connectivity index (χ2v) is 12.0. The molecule has 0 bridgehead atoms. The summed E-state index contributed by atoms with van der Waals surface area (Å²) < 4.78 is 62.0. The molecule has 1 aromatic carbocycles. The molecule has 4 rings (SSSR count). The number of benzene rings is 1. The Bertz CT molecular complexity index is 1030. The van der Waals surface area contributed by atoms with Crippen LogP contribution in [0.15, 0.2) is 23.1 Å². The van der Waals surface area contributed by atoms with Crippen molar-refractivity contribution < 1.29 is 31.1 Å². The van der Waals surface area contributed by atoms with Crippen LogP contribution >= 0.6 is 0 Å². The van der Waals surface area contributed by atoms with E-state index < -0.39 is 19.9 Å². The molecule has 2 fully saturated rings. The number of nitrogens with one attached hydrogen (secondary N) is 1. The molecule has 0 aliphatic carbocycles. The Hall–Kier alpha value is -1.89. The molecule has 1 N–H and O–H groups in total. The average Bonchev–Trinajstić information content (AvgIpc) is 2.96. The molecule has 12 heteroatoms. The van der Waals surface area contributed by atoms with Crippen LogP contribution in [0.3, 0.4) is 0 Å². The van der Waals surface area contributed by atoms with E-state index in [0.717, 1.165) is 0 Å². The van der Waals surface area contributed by atoms with Gasteiger partial charge in [0.15, 0.2) is 21.3 Å². The van der Waals surface area contributed by atoms with Crippen molar-refractivity contribution in [2.45, 2.75) is 23.8 Å². The summed E-state index contributed by atoms with van der Waals surface area (Å²) in [4.78, 5) is 16.3. The number of fused-ring (bicyclic) bond motifs is 1. The number of hydrogen-bond donors (Lipinski definition) is 1. The first-order valence-electron chi connectivity index (χ1n) is 10.4. The Morgan fingerprint density at radius 2 is 1.81 bits per heavy atom. The molecule has 1 aromatic rings. The fourth-order valence-corrected chi connectivity index (χ4v) is 6.81. The van der Waals surface area contributed by atoms with Gasteiger partial charge in [0.1, 0.15) is 0 Å². The van der Waals surface area contributed by atoms with Crippen molar-refractivity contribution in [2.24, 2.45) is 0 Å². The van der Waals surface area contributed by atoms with E-state index >= 15 is 0 Å². The van der Waals surface area contributed by atoms with Gasteiger partial charge < -0.3 is 14.4 Å². The minimum atomic E-state index is -3.89. The number of nitrogens with zero attached hydrogens (tertiary/aromatic N) is 2. The Balaban J connectivity index is 1.30. The van der Waals surface area contributed by atoms with Crippen LogP contribution in [-0.4, -0.2) is 96.0 Å². The van der Waals surface area contributed by atoms with Gasteiger partial charge in [-0.15, -0.1) is 0 Å². The minimum absolute atomic E-state index is 0.0109. The van der Waals surface area contributed by atoms with E-state index in [-0.39, 0.29) is 34.9 Å². The Morgan fingerprint density at radius 3 is 2.48 bits per heavy atom. The first-order chi connectivity index (χ1) is 14.7. The fourth-order valence-electron chi connectivity index (χ4n) is 4.06. The van der Waals surface area contributed by atoms with E-state index in [1.807, 2.05) is 0 Å². The number of piperazine rings is 1. The van der Waals surface area contributed by atoms with E-state index in [1.54, 1.807) is 11.0 Å². The summed E-state index contributed by atoms with van der Waals surface area (Å²) >= 11 is 0. The van der Waals surface area contributed by atoms with Gasteiger partial charge in [-0.25, -0.2) is 21.6 Å². The van der Waals surface area contributed by atoms with Crippen molar-refractivity contribution >= 4 is 25.8 Å². The molecule has 3 aliphatic rings. The van der Waals surface area contributed by atoms with Crippen LogP contribution in [0.5, 0.6) is 11.5 Å². The predicted molar refractivity (Wildman–Crippen MR) is 112 cm³/mol. The lowest BCUT2D eigenvalue weighted by Crippen LogP contribution is -2.53. The van der Waals surface area contributed by atoms with Crippen molar-refractivity contribution in [2.75, 3.05) is 57.4 Å². The van der Waals surface area contributed by atoms with Crippen LogP contribution < -0.4 is 14.2 Å². The van der Waals surface area contributed by atoms with E-state index in [4.69, 9.17) is 9.47 Å². The van der Waals surface area contributed by atoms with Crippen molar-refractivity contribution in [3.8, 4) is 11.5 Å². The van der Waals surface area contributed by atoms with Gasteiger partial charge in [-0.05, 0) is 18.6 Å². The Kier molecular flexibility index (Phi) is 6.42. The molecule has 0 saturated carbocycles. The number of carbonyl (C=O) groups excluding carboxylic acids is 1. The van der Waals surface area contributed by atoms with Crippen LogP contribution in [0.1, 0.15) is 12.8 Å². The zero-order valence-electron chi connectivity index (χ0n) is 17.2. The molecule has 10 nitrogen and oxygen atoms in total. The first-order valence-corrected chi connectivity index (χ1v) is 13.7. The number of carbonyl (C=O) groups is 1. The Labute approximate surface area is 182 Å². The second-order valence-electron chi connectivity index (χ2n) is 7.96. The molecule has 0 spiro atoms. The maximum atomic E-state index is 12.6. The molecular weight excluding hydrogens is 446 g/mol. The van der Waals surface area contributed by atoms with Gasteiger partial charge in [0, 0.05) is 44.7 Å². The van der Waals surface area contributed by atoms with Gasteiger partial charge >= 0.3 is 0 Å². The number of hydrogen-bond acceptors (Lipinski definition) is 8. The summed E-state index contributed by atoms with van der Waals surface area (Å²) in [6.07, 6.45) is 1.35. The standard InChI is InChI=1S/C19H27N3O7S2/c23-19(22-7-5-21(6-8-22)15-4-11-30(24,25)14-15)13-20-31(26,27)16-2-3-17-18(12-16)29-10-1-9-28-17/h2-3,12,15,20H,1,4-11,13-14H2. The van der Waals surface area contributed by atoms with Crippen LogP contribution in [0.25, 0.3) is 0 Å². The molecule has 3 aliphatic heterocycles. The molecule has 3 heterocycles. The minimum Gasteiger partial charge on any atom is -0.490 e. The van der Waals surface area contributed by atoms with Crippen molar-refractivity contribution in [1.29, 1.82) is 0 Å². The smallest absolute Gasteiger partial charge is 0.241 e. The zero-order valence-corrected chi connectivity index (χ0v) is 18.8. The summed E-state index contributed by atoms with van der Waals surface area (Å²) in [5.74, 6) is 0.961. The Morgan fingerprint density at radius 1 is 1.10 bits per heavy atom. The highest BCUT2D eigenvalue weighted by molar-refractivity contribution is 7.91. The molecule has 1 atom stereocenters. The second kappa shape index (κ2) is 8.93.